The van der Waals surface area contributed by atoms with E-state index in [9.17, 15) is 9.59 Å². The molecule has 0 rings (SSSR count). The number of hydrogen-bond acceptors (Lipinski definition) is 4. The molecule has 0 spiro atoms. The lowest BCUT2D eigenvalue weighted by atomic mass is 9.95. The Morgan fingerprint density at radius 2 is 1.92 bits per heavy atom. The summed E-state index contributed by atoms with van der Waals surface area (Å²) in [6.45, 7) is 2.62. The lowest BCUT2D eigenvalue weighted by molar-refractivity contribution is -0.149. The minimum Gasteiger partial charge on any atom is -0.481 e. The summed E-state index contributed by atoms with van der Waals surface area (Å²) >= 11 is 5.07. The van der Waals surface area contributed by atoms with Crippen LogP contribution in [-0.4, -0.2) is 29.9 Å². The van der Waals surface area contributed by atoms with E-state index in [1.54, 1.807) is 0 Å². The standard InChI is InChI=1S/C7H11ClO5/c1-7(2,5(9)10)3-12-6(11)13-4-8/h3-4H2,1-2H3,(H,9,10). The average molecular weight is 211 g/mol. The van der Waals surface area contributed by atoms with Gasteiger partial charge in [0, 0.05) is 0 Å². The highest BCUT2D eigenvalue weighted by Crippen LogP contribution is 2.15. The lowest BCUT2D eigenvalue weighted by Crippen LogP contribution is -2.30. The Labute approximate surface area is 80.6 Å². The maximum Gasteiger partial charge on any atom is 0.509 e. The number of halogens is 1. The first-order valence-corrected chi connectivity index (χ1v) is 4.02. The van der Waals surface area contributed by atoms with Gasteiger partial charge in [-0.05, 0) is 13.8 Å². The molecule has 0 aromatic rings. The van der Waals surface area contributed by atoms with E-state index in [2.05, 4.69) is 9.47 Å². The molecule has 0 unspecified atom stereocenters. The van der Waals surface area contributed by atoms with E-state index < -0.39 is 17.5 Å². The third-order valence-corrected chi connectivity index (χ3v) is 1.41. The molecule has 0 aliphatic heterocycles. The maximum absolute atomic E-state index is 10.6. The normalized spacial score (nSPS) is 10.7. The van der Waals surface area contributed by atoms with Gasteiger partial charge in [-0.3, -0.25) is 4.79 Å². The van der Waals surface area contributed by atoms with Crippen molar-refractivity contribution in [2.45, 2.75) is 13.8 Å². The van der Waals surface area contributed by atoms with Crippen LogP contribution in [0.5, 0.6) is 0 Å². The van der Waals surface area contributed by atoms with E-state index in [1.807, 2.05) is 0 Å². The Balaban J connectivity index is 3.88. The van der Waals surface area contributed by atoms with Crippen LogP contribution in [0.15, 0.2) is 0 Å². The van der Waals surface area contributed by atoms with Crippen LogP contribution in [0.25, 0.3) is 0 Å². The van der Waals surface area contributed by atoms with Crippen molar-refractivity contribution >= 4 is 23.7 Å². The summed E-state index contributed by atoms with van der Waals surface area (Å²) < 4.78 is 8.71. The van der Waals surface area contributed by atoms with Crippen LogP contribution in [0.3, 0.4) is 0 Å². The summed E-state index contributed by atoms with van der Waals surface area (Å²) in [5.74, 6) is -1.05. The maximum atomic E-state index is 10.6. The molecule has 76 valence electrons. The summed E-state index contributed by atoms with van der Waals surface area (Å²) in [6.07, 6.45) is -0.968. The molecule has 1 N–H and O–H groups in total. The second kappa shape index (κ2) is 4.91. The first kappa shape index (κ1) is 12.0. The number of alkyl halides is 1. The zero-order valence-electron chi connectivity index (χ0n) is 7.37. The number of hydrogen-bond donors (Lipinski definition) is 1. The van der Waals surface area contributed by atoms with Crippen molar-refractivity contribution in [2.24, 2.45) is 5.41 Å². The van der Waals surface area contributed by atoms with Crippen molar-refractivity contribution in [1.82, 2.24) is 0 Å². The van der Waals surface area contributed by atoms with Crippen molar-refractivity contribution in [3.05, 3.63) is 0 Å². The highest BCUT2D eigenvalue weighted by molar-refractivity contribution is 6.17. The van der Waals surface area contributed by atoms with Gasteiger partial charge in [-0.15, -0.1) is 0 Å². The predicted molar refractivity (Wildman–Crippen MR) is 44.6 cm³/mol. The van der Waals surface area contributed by atoms with E-state index in [-0.39, 0.29) is 12.7 Å². The van der Waals surface area contributed by atoms with Crippen molar-refractivity contribution < 1.29 is 24.2 Å². The summed E-state index contributed by atoms with van der Waals surface area (Å²) in [5, 5.41) is 8.63. The fraction of sp³-hybridized carbons (Fsp3) is 0.714. The van der Waals surface area contributed by atoms with Crippen molar-refractivity contribution in [1.29, 1.82) is 0 Å². The molecule has 13 heavy (non-hydrogen) atoms. The van der Waals surface area contributed by atoms with Gasteiger partial charge in [0.1, 0.15) is 6.61 Å². The van der Waals surface area contributed by atoms with Gasteiger partial charge in [0.05, 0.1) is 5.41 Å². The minimum absolute atomic E-state index is 0.252. The predicted octanol–water partition coefficient (Wildman–Crippen LogP) is 1.45. The molecule has 6 heteroatoms. The monoisotopic (exact) mass is 210 g/mol. The Hall–Kier alpha value is -0.970. The molecule has 5 nitrogen and oxygen atoms in total. The van der Waals surface area contributed by atoms with Gasteiger partial charge in [-0.2, -0.15) is 0 Å². The van der Waals surface area contributed by atoms with Gasteiger partial charge < -0.3 is 14.6 Å². The zero-order chi connectivity index (χ0) is 10.5. The molecule has 0 aliphatic rings. The van der Waals surface area contributed by atoms with E-state index in [1.165, 1.54) is 13.8 Å². The van der Waals surface area contributed by atoms with Gasteiger partial charge in [0.25, 0.3) is 0 Å². The topological polar surface area (TPSA) is 72.8 Å². The third kappa shape index (κ3) is 4.57. The second-order valence-electron chi connectivity index (χ2n) is 2.98. The molecule has 0 aromatic heterocycles. The number of carboxylic acid groups (broad SMARTS) is 1. The fourth-order valence-corrected chi connectivity index (χ4v) is 0.476. The van der Waals surface area contributed by atoms with Crippen molar-refractivity contribution in [3.8, 4) is 0 Å². The van der Waals surface area contributed by atoms with Gasteiger partial charge in [-0.25, -0.2) is 4.79 Å². The SMILES string of the molecule is CC(C)(COC(=O)OCCl)C(=O)O. The Bertz CT molecular complexity index is 201. The first-order valence-electron chi connectivity index (χ1n) is 3.49. The molecular weight excluding hydrogens is 200 g/mol. The van der Waals surface area contributed by atoms with Gasteiger partial charge in [0.15, 0.2) is 6.07 Å². The van der Waals surface area contributed by atoms with E-state index in [0.29, 0.717) is 0 Å². The van der Waals surface area contributed by atoms with Crippen molar-refractivity contribution in [3.63, 3.8) is 0 Å². The molecule has 0 fully saturated rings. The summed E-state index contributed by atoms with van der Waals surface area (Å²) in [5.41, 5.74) is -1.12. The number of carbonyl (C=O) groups is 2. The zero-order valence-corrected chi connectivity index (χ0v) is 8.13. The Morgan fingerprint density at radius 1 is 1.38 bits per heavy atom. The van der Waals surface area contributed by atoms with Crippen LogP contribution in [0, 0.1) is 5.41 Å². The fourth-order valence-electron chi connectivity index (χ4n) is 0.387. The second-order valence-corrected chi connectivity index (χ2v) is 3.20. The number of ether oxygens (including phenoxy) is 2. The highest BCUT2D eigenvalue weighted by Gasteiger charge is 2.29. The molecule has 0 radical (unpaired) electrons. The molecular formula is C7H11ClO5. The largest absolute Gasteiger partial charge is 0.509 e. The van der Waals surface area contributed by atoms with E-state index >= 15 is 0 Å². The van der Waals surface area contributed by atoms with Crippen LogP contribution < -0.4 is 0 Å². The average Bonchev–Trinajstić information content (AvgIpc) is 2.01. The Kier molecular flexibility index (Phi) is 4.55. The van der Waals surface area contributed by atoms with Gasteiger partial charge >= 0.3 is 12.1 Å². The van der Waals surface area contributed by atoms with Crippen molar-refractivity contribution in [2.75, 3.05) is 12.7 Å². The lowest BCUT2D eigenvalue weighted by Gasteiger charge is -2.17. The van der Waals surface area contributed by atoms with Crippen LogP contribution in [0.2, 0.25) is 0 Å². The summed E-state index contributed by atoms with van der Waals surface area (Å²) in [4.78, 5) is 21.1. The number of rotatable bonds is 4. The molecule has 0 atom stereocenters. The molecule has 0 saturated carbocycles. The first-order chi connectivity index (χ1) is 5.90. The number of carbonyl (C=O) groups excluding carboxylic acids is 1. The quantitative estimate of drug-likeness (QED) is 0.562. The van der Waals surface area contributed by atoms with Gasteiger partial charge in [-0.1, -0.05) is 11.6 Å². The molecule has 0 saturated heterocycles. The van der Waals surface area contributed by atoms with E-state index in [0.717, 1.165) is 0 Å². The summed E-state index contributed by atoms with van der Waals surface area (Å²) in [7, 11) is 0. The van der Waals surface area contributed by atoms with Crippen LogP contribution in [-0.2, 0) is 14.3 Å². The molecule has 0 bridgehead atoms. The Morgan fingerprint density at radius 3 is 2.31 bits per heavy atom. The van der Waals surface area contributed by atoms with Crippen LogP contribution in [0.4, 0.5) is 4.79 Å². The molecule has 0 amide bonds. The highest BCUT2D eigenvalue weighted by atomic mass is 35.5. The number of carboxylic acids is 1. The minimum atomic E-state index is -1.12. The number of aliphatic carboxylic acids is 1. The van der Waals surface area contributed by atoms with E-state index in [4.69, 9.17) is 16.7 Å². The smallest absolute Gasteiger partial charge is 0.481 e. The third-order valence-electron chi connectivity index (χ3n) is 1.30. The molecule has 0 aliphatic carbocycles. The van der Waals surface area contributed by atoms with Crippen LogP contribution >= 0.6 is 11.6 Å². The summed E-state index contributed by atoms with van der Waals surface area (Å²) in [6, 6.07) is -0.313. The molecule has 0 heterocycles. The molecule has 0 aromatic carbocycles. The van der Waals surface area contributed by atoms with Gasteiger partial charge in [0.2, 0.25) is 0 Å². The van der Waals surface area contributed by atoms with Crippen LogP contribution in [0.1, 0.15) is 13.8 Å².